The van der Waals surface area contributed by atoms with Crippen LogP contribution in [0.2, 0.25) is 0 Å². The molecule has 2 aliphatic heterocycles. The molecule has 0 saturated carbocycles. The number of hydrogen-bond acceptors (Lipinski definition) is 8. The lowest BCUT2D eigenvalue weighted by Crippen LogP contribution is -2.54. The molecule has 0 spiro atoms. The highest BCUT2D eigenvalue weighted by atomic mass is 79.9. The van der Waals surface area contributed by atoms with Crippen LogP contribution in [0.4, 0.5) is 30.2 Å². The number of morpholine rings is 1. The first-order valence-electron chi connectivity index (χ1n) is 12.5. The molecule has 1 aromatic carbocycles. The number of halogens is 4. The van der Waals surface area contributed by atoms with E-state index < -0.39 is 47.5 Å². The highest BCUT2D eigenvalue weighted by Gasteiger charge is 2.46. The van der Waals surface area contributed by atoms with Crippen molar-refractivity contribution in [2.45, 2.75) is 44.2 Å². The van der Waals surface area contributed by atoms with Crippen LogP contribution in [0.1, 0.15) is 40.5 Å². The van der Waals surface area contributed by atoms with Crippen molar-refractivity contribution in [3.8, 4) is 0 Å². The van der Waals surface area contributed by atoms with Gasteiger partial charge in [-0.2, -0.15) is 13.2 Å². The maximum Gasteiger partial charge on any atom is 0.416 e. The summed E-state index contributed by atoms with van der Waals surface area (Å²) in [6.07, 6.45) is -3.58. The zero-order valence-electron chi connectivity index (χ0n) is 21.7. The molecule has 15 heteroatoms. The summed E-state index contributed by atoms with van der Waals surface area (Å²) >= 11 is 3.18. The molecule has 2 fully saturated rings. The van der Waals surface area contributed by atoms with Crippen molar-refractivity contribution >= 4 is 44.8 Å². The fraction of sp³-hybridized carbons (Fsp3) is 0.480. The Kier molecular flexibility index (Phi) is 8.83. The first-order chi connectivity index (χ1) is 18.9. The molecule has 0 unspecified atom stereocenters. The van der Waals surface area contributed by atoms with E-state index in [-0.39, 0.29) is 34.7 Å². The summed E-state index contributed by atoms with van der Waals surface area (Å²) in [6.45, 7) is 1.22. The Morgan fingerprint density at radius 1 is 1.15 bits per heavy atom. The molecule has 216 valence electrons. The van der Waals surface area contributed by atoms with Crippen LogP contribution in [-0.4, -0.2) is 89.2 Å². The average molecular weight is 629 g/mol. The fourth-order valence-electron chi connectivity index (χ4n) is 4.88. The molecule has 0 bridgehead atoms. The van der Waals surface area contributed by atoms with Gasteiger partial charge in [-0.3, -0.25) is 24.7 Å². The maximum absolute atomic E-state index is 13.6. The number of aromatic nitrogens is 1. The van der Waals surface area contributed by atoms with E-state index in [1.54, 1.807) is 24.2 Å². The summed E-state index contributed by atoms with van der Waals surface area (Å²) in [5.41, 5.74) is 0.361. The van der Waals surface area contributed by atoms with E-state index in [9.17, 15) is 32.9 Å². The molecule has 1 aromatic heterocycles. The van der Waals surface area contributed by atoms with Gasteiger partial charge in [0.15, 0.2) is 6.10 Å². The molecular weight excluding hydrogens is 601 g/mol. The van der Waals surface area contributed by atoms with Crippen LogP contribution < -0.4 is 10.6 Å². The van der Waals surface area contributed by atoms with Crippen molar-refractivity contribution in [3.63, 3.8) is 0 Å². The zero-order chi connectivity index (χ0) is 29.2. The van der Waals surface area contributed by atoms with Crippen molar-refractivity contribution in [1.29, 1.82) is 0 Å². The number of nitro benzene ring substituents is 1. The van der Waals surface area contributed by atoms with Gasteiger partial charge in [-0.05, 0) is 31.9 Å². The van der Waals surface area contributed by atoms with E-state index in [4.69, 9.17) is 4.74 Å². The molecule has 0 aliphatic carbocycles. The fourth-order valence-corrected chi connectivity index (χ4v) is 5.33. The number of nitrogens with zero attached hydrogens (tertiary/aromatic N) is 4. The number of ether oxygens (including phenoxy) is 1. The number of anilines is 2. The Labute approximate surface area is 236 Å². The number of rotatable bonds is 6. The summed E-state index contributed by atoms with van der Waals surface area (Å²) in [6, 6.07) is 3.78. The molecule has 0 radical (unpaired) electrons. The van der Waals surface area contributed by atoms with Crippen LogP contribution in [0.15, 0.2) is 35.1 Å². The van der Waals surface area contributed by atoms with Crippen LogP contribution in [0, 0.1) is 10.1 Å². The normalized spacial score (nSPS) is 21.6. The van der Waals surface area contributed by atoms with Gasteiger partial charge in [-0.1, -0.05) is 15.9 Å². The monoisotopic (exact) mass is 628 g/mol. The van der Waals surface area contributed by atoms with E-state index in [0.29, 0.717) is 30.6 Å². The van der Waals surface area contributed by atoms with E-state index in [2.05, 4.69) is 31.5 Å². The predicted octanol–water partition coefficient (Wildman–Crippen LogP) is 4.30. The lowest BCUT2D eigenvalue weighted by atomic mass is 10.0. The van der Waals surface area contributed by atoms with Gasteiger partial charge in [0.2, 0.25) is 0 Å². The largest absolute Gasteiger partial charge is 0.416 e. The third-order valence-electron chi connectivity index (χ3n) is 6.75. The molecular formula is C25H28BrF3N6O5. The predicted molar refractivity (Wildman–Crippen MR) is 143 cm³/mol. The first kappa shape index (κ1) is 29.5. The Morgan fingerprint density at radius 3 is 2.58 bits per heavy atom. The number of carbonyl (C=O) groups excluding carboxylic acids is 2. The number of benzene rings is 1. The topological polar surface area (TPSA) is 130 Å². The molecule has 2 N–H and O–H groups in total. The van der Waals surface area contributed by atoms with E-state index in [0.717, 1.165) is 4.90 Å². The number of nitrogens with one attached hydrogen (secondary N) is 2. The minimum absolute atomic E-state index is 0.112. The number of amides is 2. The van der Waals surface area contributed by atoms with Crippen molar-refractivity contribution in [2.75, 3.05) is 43.9 Å². The Morgan fingerprint density at radius 2 is 1.90 bits per heavy atom. The van der Waals surface area contributed by atoms with Crippen LogP contribution in [0.3, 0.4) is 0 Å². The third kappa shape index (κ3) is 6.63. The highest BCUT2D eigenvalue weighted by Crippen LogP contribution is 2.36. The second kappa shape index (κ2) is 12.0. The van der Waals surface area contributed by atoms with E-state index in [1.807, 2.05) is 0 Å². The number of carbonyl (C=O) groups is 2. The summed E-state index contributed by atoms with van der Waals surface area (Å²) < 4.78 is 45.5. The second-order valence-electron chi connectivity index (χ2n) is 9.74. The first-order valence-corrected chi connectivity index (χ1v) is 13.3. The van der Waals surface area contributed by atoms with Gasteiger partial charge in [-0.25, -0.2) is 0 Å². The minimum Gasteiger partial charge on any atom is -0.387 e. The molecule has 11 nitrogen and oxygen atoms in total. The molecule has 2 aromatic rings. The summed E-state index contributed by atoms with van der Waals surface area (Å²) in [7, 11) is 1.71. The molecule has 2 aliphatic rings. The smallest absolute Gasteiger partial charge is 0.387 e. The number of piperidine rings is 1. The van der Waals surface area contributed by atoms with Gasteiger partial charge >= 0.3 is 6.18 Å². The molecule has 40 heavy (non-hydrogen) atoms. The quantitative estimate of drug-likeness (QED) is 0.358. The molecule has 3 heterocycles. The lowest BCUT2D eigenvalue weighted by Gasteiger charge is -2.38. The molecule has 2 amide bonds. The highest BCUT2D eigenvalue weighted by molar-refractivity contribution is 9.10. The number of pyridine rings is 1. The van der Waals surface area contributed by atoms with Gasteiger partial charge in [-0.15, -0.1) is 0 Å². The SMILES string of the molecule is CNc1cncc(C(=O)N2CCC[C@@H](Nc3c(C(=O)N4C[C@H](C)O[C@@H](C(F)(F)F)C4)cc(Br)cc3[N+](=O)[O-])C2)c1. The zero-order valence-corrected chi connectivity index (χ0v) is 23.3. The van der Waals surface area contributed by atoms with E-state index >= 15 is 0 Å². The molecule has 3 atom stereocenters. The van der Waals surface area contributed by atoms with Crippen LogP contribution in [0.5, 0.6) is 0 Å². The number of hydrogen-bond donors (Lipinski definition) is 2. The van der Waals surface area contributed by atoms with Crippen molar-refractivity contribution in [1.82, 2.24) is 14.8 Å². The molecule has 2 saturated heterocycles. The van der Waals surface area contributed by atoms with Crippen LogP contribution >= 0.6 is 15.9 Å². The Balaban J connectivity index is 1.61. The summed E-state index contributed by atoms with van der Waals surface area (Å²) in [5.74, 6) is -1.06. The second-order valence-corrected chi connectivity index (χ2v) is 10.7. The number of nitro groups is 1. The van der Waals surface area contributed by atoms with Gasteiger partial charge in [0, 0.05) is 55.7 Å². The maximum atomic E-state index is 13.6. The summed E-state index contributed by atoms with van der Waals surface area (Å²) in [5, 5.41) is 18.0. The number of alkyl halides is 3. The third-order valence-corrected chi connectivity index (χ3v) is 7.21. The van der Waals surface area contributed by atoms with Gasteiger partial charge in [0.05, 0.1) is 34.4 Å². The van der Waals surface area contributed by atoms with Crippen LogP contribution in [0.25, 0.3) is 0 Å². The average Bonchev–Trinajstić information content (AvgIpc) is 2.92. The minimum atomic E-state index is -4.68. The van der Waals surface area contributed by atoms with Crippen LogP contribution in [-0.2, 0) is 4.74 Å². The van der Waals surface area contributed by atoms with Gasteiger partial charge in [0.25, 0.3) is 17.5 Å². The van der Waals surface area contributed by atoms with Crippen molar-refractivity contribution in [2.24, 2.45) is 0 Å². The molecule has 4 rings (SSSR count). The van der Waals surface area contributed by atoms with Gasteiger partial charge < -0.3 is 25.2 Å². The van der Waals surface area contributed by atoms with Gasteiger partial charge in [0.1, 0.15) is 5.69 Å². The van der Waals surface area contributed by atoms with Crippen molar-refractivity contribution < 1.29 is 32.4 Å². The van der Waals surface area contributed by atoms with Crippen molar-refractivity contribution in [3.05, 3.63) is 56.3 Å². The van der Waals surface area contributed by atoms with E-state index in [1.165, 1.54) is 25.3 Å². The lowest BCUT2D eigenvalue weighted by molar-refractivity contribution is -0.384. The number of likely N-dealkylation sites (tertiary alicyclic amines) is 1. The Hall–Kier alpha value is -3.46. The standard InChI is InChI=1S/C25H28BrF3N6O5/c1-14-11-34(13-21(40-14)25(27,28)29)24(37)19-7-16(26)8-20(35(38)39)22(19)32-17-4-3-5-33(12-17)23(36)15-6-18(30-2)10-31-9-15/h6-10,14,17,21,30,32H,3-5,11-13H2,1-2H3/t14-,17+,21+/m0/s1. The summed E-state index contributed by atoms with van der Waals surface area (Å²) in [4.78, 5) is 44.7. The Bertz CT molecular complexity index is 1300.